The van der Waals surface area contributed by atoms with Gasteiger partial charge in [0.05, 0.1) is 5.69 Å². The van der Waals surface area contributed by atoms with E-state index in [1.807, 2.05) is 0 Å². The summed E-state index contributed by atoms with van der Waals surface area (Å²) in [5, 5.41) is 3.30. The maximum atomic E-state index is 5.34. The number of allylic oxidation sites excluding steroid dienone is 1. The van der Waals surface area contributed by atoms with Gasteiger partial charge in [-0.1, -0.05) is 39.5 Å². The maximum Gasteiger partial charge on any atom is 0.139 e. The topological polar surface area (TPSA) is 62.1 Å². The monoisotopic (exact) mass is 527 g/mol. The Balaban J connectivity index is 1.44. The Morgan fingerprint density at radius 1 is 1.08 bits per heavy atom. The van der Waals surface area contributed by atoms with E-state index in [1.54, 1.807) is 6.33 Å². The van der Waals surface area contributed by atoms with Crippen molar-refractivity contribution in [3.05, 3.63) is 65.5 Å². The van der Waals surface area contributed by atoms with Crippen molar-refractivity contribution in [2.24, 2.45) is 0 Å². The summed E-state index contributed by atoms with van der Waals surface area (Å²) in [4.78, 5) is 19.2. The summed E-state index contributed by atoms with van der Waals surface area (Å²) in [5.74, 6) is 3.58. The minimum Gasteiger partial charge on any atom is -0.356 e. The Kier molecular flexibility index (Phi) is 7.08. The minimum absolute atomic E-state index is 0.00811. The van der Waals surface area contributed by atoms with Gasteiger partial charge < -0.3 is 19.7 Å². The molecule has 7 heteroatoms. The van der Waals surface area contributed by atoms with Crippen LogP contribution in [-0.4, -0.2) is 57.1 Å². The minimum atomic E-state index is 0.00811. The van der Waals surface area contributed by atoms with Crippen molar-refractivity contribution >= 4 is 11.6 Å². The number of aromatic nitrogens is 4. The standard InChI is InChI=1S/C32H45N7/c1-21-10-11-24(17-26(21)31(3,4)5)27-18-39(19-32(6,7)37(8)9)29(36-27)23-12-14-38(15-13-23)30-25-16-22(2)35-28(25)33-20-34-30/h10-11,17-18,20,23H,2,12-16,19H2,1,3-9H3,(H,33,34,35). The summed E-state index contributed by atoms with van der Waals surface area (Å²) in [6, 6.07) is 6.84. The molecule has 0 atom stereocenters. The van der Waals surface area contributed by atoms with Gasteiger partial charge in [0.2, 0.25) is 0 Å². The summed E-state index contributed by atoms with van der Waals surface area (Å²) in [7, 11) is 4.32. The molecule has 1 fully saturated rings. The van der Waals surface area contributed by atoms with Crippen LogP contribution in [0.15, 0.2) is 43.0 Å². The summed E-state index contributed by atoms with van der Waals surface area (Å²) in [5.41, 5.74) is 7.26. The average Bonchev–Trinajstić information content (AvgIpc) is 3.46. The van der Waals surface area contributed by atoms with Gasteiger partial charge in [-0.25, -0.2) is 15.0 Å². The molecule has 7 nitrogen and oxygen atoms in total. The molecule has 2 aromatic heterocycles. The molecular formula is C32H45N7. The molecule has 39 heavy (non-hydrogen) atoms. The van der Waals surface area contributed by atoms with Crippen molar-refractivity contribution in [3.63, 3.8) is 0 Å². The normalized spacial score (nSPS) is 16.6. The lowest BCUT2D eigenvalue weighted by atomic mass is 9.83. The third kappa shape index (κ3) is 5.46. The number of anilines is 2. The smallest absolute Gasteiger partial charge is 0.139 e. The molecule has 0 radical (unpaired) electrons. The first-order valence-corrected chi connectivity index (χ1v) is 14.2. The van der Waals surface area contributed by atoms with Crippen molar-refractivity contribution in [1.82, 2.24) is 24.4 Å². The van der Waals surface area contributed by atoms with E-state index < -0.39 is 0 Å². The fraction of sp³-hybridized carbons (Fsp3) is 0.531. The van der Waals surface area contributed by atoms with Gasteiger partial charge >= 0.3 is 0 Å². The summed E-state index contributed by atoms with van der Waals surface area (Å²) in [6.07, 6.45) is 6.85. The molecule has 1 saturated heterocycles. The number of rotatable bonds is 6. The van der Waals surface area contributed by atoms with Crippen molar-refractivity contribution in [2.75, 3.05) is 37.4 Å². The Morgan fingerprint density at radius 3 is 2.46 bits per heavy atom. The second-order valence-electron chi connectivity index (χ2n) is 13.3. The molecule has 1 N–H and O–H groups in total. The number of hydrogen-bond donors (Lipinski definition) is 1. The summed E-state index contributed by atoms with van der Waals surface area (Å²) >= 11 is 0. The summed E-state index contributed by atoms with van der Waals surface area (Å²) < 4.78 is 2.43. The van der Waals surface area contributed by atoms with Crippen LogP contribution in [-0.2, 0) is 18.4 Å². The van der Waals surface area contributed by atoms with E-state index in [1.165, 1.54) is 28.1 Å². The van der Waals surface area contributed by atoms with E-state index >= 15 is 0 Å². The van der Waals surface area contributed by atoms with Crippen LogP contribution in [0.1, 0.15) is 75.9 Å². The molecule has 0 amide bonds. The molecule has 1 aromatic carbocycles. The van der Waals surface area contributed by atoms with Gasteiger partial charge in [-0.15, -0.1) is 0 Å². The highest BCUT2D eigenvalue weighted by atomic mass is 15.2. The molecule has 2 aliphatic heterocycles. The van der Waals surface area contributed by atoms with Crippen LogP contribution < -0.4 is 10.2 Å². The quantitative estimate of drug-likeness (QED) is 0.415. The number of hydrogen-bond acceptors (Lipinski definition) is 6. The number of aryl methyl sites for hydroxylation is 1. The Labute approximate surface area is 234 Å². The maximum absolute atomic E-state index is 5.34. The fourth-order valence-corrected chi connectivity index (χ4v) is 5.89. The summed E-state index contributed by atoms with van der Waals surface area (Å²) in [6.45, 7) is 20.6. The molecule has 208 valence electrons. The van der Waals surface area contributed by atoms with Crippen LogP contribution in [0.5, 0.6) is 0 Å². The predicted molar refractivity (Wildman–Crippen MR) is 162 cm³/mol. The highest BCUT2D eigenvalue weighted by molar-refractivity contribution is 5.66. The van der Waals surface area contributed by atoms with Crippen molar-refractivity contribution in [1.29, 1.82) is 0 Å². The molecule has 0 bridgehead atoms. The molecule has 2 aliphatic rings. The van der Waals surface area contributed by atoms with E-state index in [0.29, 0.717) is 5.92 Å². The first kappa shape index (κ1) is 27.4. The number of imidazole rings is 1. The Hall–Kier alpha value is -3.19. The second kappa shape index (κ2) is 10.1. The van der Waals surface area contributed by atoms with Gasteiger partial charge in [-0.05, 0) is 70.3 Å². The van der Waals surface area contributed by atoms with Gasteiger partial charge in [0.15, 0.2) is 0 Å². The molecular weight excluding hydrogens is 482 g/mol. The van der Waals surface area contributed by atoms with Crippen LogP contribution in [0.2, 0.25) is 0 Å². The average molecular weight is 528 g/mol. The Morgan fingerprint density at radius 2 is 1.79 bits per heavy atom. The van der Waals surface area contributed by atoms with E-state index in [0.717, 1.165) is 61.9 Å². The van der Waals surface area contributed by atoms with Crippen molar-refractivity contribution < 1.29 is 0 Å². The Bertz CT molecular complexity index is 1370. The first-order chi connectivity index (χ1) is 18.3. The number of fused-ring (bicyclic) bond motifs is 1. The largest absolute Gasteiger partial charge is 0.356 e. The lowest BCUT2D eigenvalue weighted by Gasteiger charge is -2.36. The lowest BCUT2D eigenvalue weighted by Crippen LogP contribution is -2.42. The second-order valence-corrected chi connectivity index (χ2v) is 13.3. The van der Waals surface area contributed by atoms with Crippen LogP contribution in [0.4, 0.5) is 11.6 Å². The number of nitrogens with zero attached hydrogens (tertiary/aromatic N) is 6. The predicted octanol–water partition coefficient (Wildman–Crippen LogP) is 6.15. The van der Waals surface area contributed by atoms with E-state index in [9.17, 15) is 0 Å². The molecule has 0 spiro atoms. The zero-order chi connectivity index (χ0) is 28.1. The van der Waals surface area contributed by atoms with Crippen LogP contribution in [0, 0.1) is 6.92 Å². The highest BCUT2D eigenvalue weighted by Gasteiger charge is 2.31. The first-order valence-electron chi connectivity index (χ1n) is 14.2. The van der Waals surface area contributed by atoms with Gasteiger partial charge in [0.25, 0.3) is 0 Å². The SMILES string of the molecule is C=C1Cc2c(ncnc2N2CCC(c3nc(-c4ccc(C)c(C(C)(C)C)c4)cn3CC(C)(C)N(C)C)CC2)N1. The molecule has 0 unspecified atom stereocenters. The molecule has 5 rings (SSSR count). The molecule has 0 aliphatic carbocycles. The molecule has 0 saturated carbocycles. The van der Waals surface area contributed by atoms with Crippen LogP contribution in [0.3, 0.4) is 0 Å². The zero-order valence-corrected chi connectivity index (χ0v) is 25.1. The number of nitrogens with one attached hydrogen (secondary N) is 1. The third-order valence-electron chi connectivity index (χ3n) is 8.68. The van der Waals surface area contributed by atoms with E-state index in [-0.39, 0.29) is 11.0 Å². The van der Waals surface area contributed by atoms with E-state index in [2.05, 4.69) is 116 Å². The molecule has 3 aromatic rings. The number of likely N-dealkylation sites (N-methyl/N-ethyl adjacent to an activating group) is 1. The highest BCUT2D eigenvalue weighted by Crippen LogP contribution is 2.37. The van der Waals surface area contributed by atoms with Crippen LogP contribution in [0.25, 0.3) is 11.3 Å². The lowest BCUT2D eigenvalue weighted by molar-refractivity contribution is 0.167. The van der Waals surface area contributed by atoms with Crippen LogP contribution >= 0.6 is 0 Å². The molecule has 4 heterocycles. The van der Waals surface area contributed by atoms with Gasteiger partial charge in [-0.2, -0.15) is 0 Å². The van der Waals surface area contributed by atoms with Gasteiger partial charge in [0.1, 0.15) is 23.8 Å². The van der Waals surface area contributed by atoms with E-state index in [4.69, 9.17) is 4.98 Å². The van der Waals surface area contributed by atoms with Crippen molar-refractivity contribution in [2.45, 2.75) is 84.2 Å². The third-order valence-corrected chi connectivity index (χ3v) is 8.68. The van der Waals surface area contributed by atoms with Crippen molar-refractivity contribution in [3.8, 4) is 11.3 Å². The fourth-order valence-electron chi connectivity index (χ4n) is 5.89. The zero-order valence-electron chi connectivity index (χ0n) is 25.1. The van der Waals surface area contributed by atoms with Gasteiger partial charge in [0, 0.05) is 60.5 Å². The number of benzene rings is 1. The van der Waals surface area contributed by atoms with Gasteiger partial charge in [-0.3, -0.25) is 0 Å². The number of piperidine rings is 1.